The Morgan fingerprint density at radius 2 is 2.03 bits per heavy atom. The van der Waals surface area contributed by atoms with Gasteiger partial charge in [-0.3, -0.25) is 4.79 Å². The molecule has 1 aromatic heterocycles. The molecule has 29 heavy (non-hydrogen) atoms. The van der Waals surface area contributed by atoms with Crippen LogP contribution in [-0.2, 0) is 17.6 Å². The highest BCUT2D eigenvalue weighted by Gasteiger charge is 2.32. The number of carbonyl (C=O) groups excluding carboxylic acids is 1. The third-order valence-corrected chi connectivity index (χ3v) is 6.08. The standard InChI is InChI=1S/C23H30N4O2/c1-2-26(14-15-28)23(29)18-10-7-13-27(16-18)22-19-11-6-12-20(19)24-21(25-22)17-8-4-3-5-9-17/h3-5,8-9,18,28H,2,6-7,10-16H2,1H3/t18-/m1/s1. The second kappa shape index (κ2) is 8.91. The molecule has 2 heterocycles. The Balaban J connectivity index is 1.62. The van der Waals surface area contributed by atoms with Gasteiger partial charge in [0.2, 0.25) is 5.91 Å². The van der Waals surface area contributed by atoms with Crippen LogP contribution >= 0.6 is 0 Å². The van der Waals surface area contributed by atoms with Gasteiger partial charge in [0.1, 0.15) is 5.82 Å². The molecule has 2 aromatic rings. The van der Waals surface area contributed by atoms with E-state index in [1.807, 2.05) is 25.1 Å². The van der Waals surface area contributed by atoms with Gasteiger partial charge in [-0.05, 0) is 39.0 Å². The lowest BCUT2D eigenvalue weighted by atomic mass is 9.96. The van der Waals surface area contributed by atoms with Crippen LogP contribution in [0.25, 0.3) is 11.4 Å². The number of anilines is 1. The maximum absolute atomic E-state index is 13.0. The van der Waals surface area contributed by atoms with E-state index >= 15 is 0 Å². The largest absolute Gasteiger partial charge is 0.395 e. The number of hydrogen-bond donors (Lipinski definition) is 1. The van der Waals surface area contributed by atoms with Crippen molar-refractivity contribution >= 4 is 11.7 Å². The van der Waals surface area contributed by atoms with Gasteiger partial charge in [0.15, 0.2) is 5.82 Å². The van der Waals surface area contributed by atoms with Gasteiger partial charge in [-0.1, -0.05) is 30.3 Å². The minimum Gasteiger partial charge on any atom is -0.395 e. The van der Waals surface area contributed by atoms with Gasteiger partial charge in [0, 0.05) is 43.0 Å². The number of aliphatic hydroxyl groups is 1. The number of benzene rings is 1. The van der Waals surface area contributed by atoms with Gasteiger partial charge < -0.3 is 14.9 Å². The summed E-state index contributed by atoms with van der Waals surface area (Å²) in [6, 6.07) is 10.1. The molecule has 0 saturated carbocycles. The van der Waals surface area contributed by atoms with Crippen molar-refractivity contribution in [3.05, 3.63) is 41.6 Å². The van der Waals surface area contributed by atoms with Crippen molar-refractivity contribution in [3.63, 3.8) is 0 Å². The topological polar surface area (TPSA) is 69.6 Å². The highest BCUT2D eigenvalue weighted by Crippen LogP contribution is 2.33. The number of rotatable bonds is 6. The second-order valence-corrected chi connectivity index (χ2v) is 7.94. The molecule has 6 heteroatoms. The lowest BCUT2D eigenvalue weighted by Gasteiger charge is -2.36. The van der Waals surface area contributed by atoms with Crippen molar-refractivity contribution < 1.29 is 9.90 Å². The molecule has 1 fully saturated rings. The molecule has 0 spiro atoms. The molecule has 1 saturated heterocycles. The number of likely N-dealkylation sites (N-methyl/N-ethyl adjacent to an activating group) is 1. The van der Waals surface area contributed by atoms with Crippen LogP contribution in [0, 0.1) is 5.92 Å². The van der Waals surface area contributed by atoms with E-state index in [9.17, 15) is 9.90 Å². The molecule has 4 rings (SSSR count). The number of fused-ring (bicyclic) bond motifs is 1. The summed E-state index contributed by atoms with van der Waals surface area (Å²) in [5.41, 5.74) is 3.46. The molecular formula is C23H30N4O2. The maximum atomic E-state index is 13.0. The summed E-state index contributed by atoms with van der Waals surface area (Å²) >= 11 is 0. The summed E-state index contributed by atoms with van der Waals surface area (Å²) in [6.07, 6.45) is 5.01. The third-order valence-electron chi connectivity index (χ3n) is 6.08. The van der Waals surface area contributed by atoms with Crippen LogP contribution in [0.2, 0.25) is 0 Å². The summed E-state index contributed by atoms with van der Waals surface area (Å²) in [4.78, 5) is 26.9. The second-order valence-electron chi connectivity index (χ2n) is 7.94. The van der Waals surface area contributed by atoms with Gasteiger partial charge in [-0.2, -0.15) is 0 Å². The number of aromatic nitrogens is 2. The van der Waals surface area contributed by atoms with Crippen LogP contribution in [0.4, 0.5) is 5.82 Å². The summed E-state index contributed by atoms with van der Waals surface area (Å²) < 4.78 is 0. The van der Waals surface area contributed by atoms with Gasteiger partial charge in [-0.15, -0.1) is 0 Å². The molecule has 1 N–H and O–H groups in total. The van der Waals surface area contributed by atoms with Crippen molar-refractivity contribution in [1.82, 2.24) is 14.9 Å². The first-order valence-corrected chi connectivity index (χ1v) is 10.8. The highest BCUT2D eigenvalue weighted by molar-refractivity contribution is 5.80. The van der Waals surface area contributed by atoms with Crippen LogP contribution in [-0.4, -0.2) is 58.7 Å². The summed E-state index contributed by atoms with van der Waals surface area (Å²) in [7, 11) is 0. The highest BCUT2D eigenvalue weighted by atomic mass is 16.3. The normalized spacial score (nSPS) is 18.6. The van der Waals surface area contributed by atoms with Gasteiger partial charge >= 0.3 is 0 Å². The summed E-state index contributed by atoms with van der Waals surface area (Å²) in [5.74, 6) is 1.92. The van der Waals surface area contributed by atoms with Gasteiger partial charge in [-0.25, -0.2) is 9.97 Å². The zero-order valence-corrected chi connectivity index (χ0v) is 17.2. The fraction of sp³-hybridized carbons (Fsp3) is 0.522. The Morgan fingerprint density at radius 1 is 1.21 bits per heavy atom. The van der Waals surface area contributed by atoms with E-state index in [2.05, 4.69) is 17.0 Å². The third kappa shape index (κ3) is 4.13. The molecule has 1 amide bonds. The molecule has 0 radical (unpaired) electrons. The fourth-order valence-electron chi connectivity index (χ4n) is 4.56. The number of carbonyl (C=O) groups is 1. The van der Waals surface area contributed by atoms with Gasteiger partial charge in [0.25, 0.3) is 0 Å². The van der Waals surface area contributed by atoms with E-state index < -0.39 is 0 Å². The quantitative estimate of drug-likeness (QED) is 0.816. The SMILES string of the molecule is CCN(CCO)C(=O)[C@@H]1CCCN(c2nc(-c3ccccc3)nc3c2CCC3)C1. The monoisotopic (exact) mass is 394 g/mol. The Morgan fingerprint density at radius 3 is 2.79 bits per heavy atom. The number of nitrogens with zero attached hydrogens (tertiary/aromatic N) is 4. The van der Waals surface area contributed by atoms with Crippen molar-refractivity contribution in [3.8, 4) is 11.4 Å². The molecule has 6 nitrogen and oxygen atoms in total. The summed E-state index contributed by atoms with van der Waals surface area (Å²) in [6.45, 7) is 4.64. The number of piperidine rings is 1. The predicted octanol–water partition coefficient (Wildman–Crippen LogP) is 2.69. The molecule has 0 bridgehead atoms. The fourth-order valence-corrected chi connectivity index (χ4v) is 4.56. The van der Waals surface area contributed by atoms with Crippen LogP contribution in [0.5, 0.6) is 0 Å². The molecule has 1 aliphatic carbocycles. The number of aryl methyl sites for hydroxylation is 1. The Labute approximate surface area is 172 Å². The first-order chi connectivity index (χ1) is 14.2. The Kier molecular flexibility index (Phi) is 6.09. The lowest BCUT2D eigenvalue weighted by molar-refractivity contribution is -0.136. The first kappa shape index (κ1) is 19.8. The molecule has 1 aliphatic heterocycles. The van der Waals surface area contributed by atoms with E-state index in [0.717, 1.165) is 61.5 Å². The minimum absolute atomic E-state index is 0.00979. The smallest absolute Gasteiger partial charge is 0.227 e. The molecule has 154 valence electrons. The number of hydrogen-bond acceptors (Lipinski definition) is 5. The average Bonchev–Trinajstić information content (AvgIpc) is 3.26. The van der Waals surface area contributed by atoms with Crippen LogP contribution in [0.1, 0.15) is 37.4 Å². The molecule has 2 aliphatic rings. The Bertz CT molecular complexity index is 855. The number of amides is 1. The van der Waals surface area contributed by atoms with Crippen molar-refractivity contribution in [1.29, 1.82) is 0 Å². The maximum Gasteiger partial charge on any atom is 0.227 e. The van der Waals surface area contributed by atoms with E-state index in [4.69, 9.17) is 9.97 Å². The molecular weight excluding hydrogens is 364 g/mol. The summed E-state index contributed by atoms with van der Waals surface area (Å²) in [5, 5.41) is 9.27. The first-order valence-electron chi connectivity index (χ1n) is 10.8. The Hall–Kier alpha value is -2.47. The van der Waals surface area contributed by atoms with Crippen LogP contribution < -0.4 is 4.90 Å². The van der Waals surface area contributed by atoms with E-state index in [1.165, 1.54) is 5.56 Å². The zero-order chi connectivity index (χ0) is 20.2. The molecule has 1 aromatic carbocycles. The van der Waals surface area contributed by atoms with E-state index in [-0.39, 0.29) is 18.4 Å². The van der Waals surface area contributed by atoms with Gasteiger partial charge in [0.05, 0.1) is 12.5 Å². The van der Waals surface area contributed by atoms with Crippen molar-refractivity contribution in [2.75, 3.05) is 37.7 Å². The van der Waals surface area contributed by atoms with Crippen molar-refractivity contribution in [2.24, 2.45) is 5.92 Å². The van der Waals surface area contributed by atoms with Crippen molar-refractivity contribution in [2.45, 2.75) is 39.0 Å². The minimum atomic E-state index is -0.0394. The average molecular weight is 395 g/mol. The zero-order valence-electron chi connectivity index (χ0n) is 17.2. The van der Waals surface area contributed by atoms with E-state index in [0.29, 0.717) is 19.6 Å². The predicted molar refractivity (Wildman–Crippen MR) is 114 cm³/mol. The number of aliphatic hydroxyl groups excluding tert-OH is 1. The van der Waals surface area contributed by atoms with Crippen LogP contribution in [0.15, 0.2) is 30.3 Å². The molecule has 1 atom stereocenters. The van der Waals surface area contributed by atoms with E-state index in [1.54, 1.807) is 4.90 Å². The lowest BCUT2D eigenvalue weighted by Crippen LogP contribution is -2.46. The molecule has 0 unspecified atom stereocenters. The van der Waals surface area contributed by atoms with Crippen LogP contribution in [0.3, 0.4) is 0 Å².